The van der Waals surface area contributed by atoms with Gasteiger partial charge in [0.05, 0.1) is 11.6 Å². The number of rotatable bonds is 4. The van der Waals surface area contributed by atoms with Crippen LogP contribution in [-0.4, -0.2) is 41.5 Å². The van der Waals surface area contributed by atoms with Gasteiger partial charge in [0.15, 0.2) is 5.78 Å². The Morgan fingerprint density at radius 1 is 1.40 bits per heavy atom. The smallest absolute Gasteiger partial charge is 0.182 e. The van der Waals surface area contributed by atoms with Crippen LogP contribution in [0.1, 0.15) is 30.1 Å². The molecule has 1 aliphatic rings. The number of Topliss-reactive ketones (excluding diaryl/α,β-unsaturated/α-hetero) is 1. The van der Waals surface area contributed by atoms with E-state index in [1.54, 1.807) is 6.92 Å². The van der Waals surface area contributed by atoms with Gasteiger partial charge in [-0.25, -0.2) is 8.78 Å². The molecule has 3 nitrogen and oxygen atoms in total. The van der Waals surface area contributed by atoms with Crippen molar-refractivity contribution in [2.45, 2.75) is 25.8 Å². The molecule has 1 aromatic rings. The van der Waals surface area contributed by atoms with Gasteiger partial charge in [0, 0.05) is 12.7 Å². The van der Waals surface area contributed by atoms with Crippen molar-refractivity contribution in [1.82, 2.24) is 4.90 Å². The van der Waals surface area contributed by atoms with Gasteiger partial charge in [-0.1, -0.05) is 0 Å². The molecular weight excluding hydrogens is 264 g/mol. The van der Waals surface area contributed by atoms with E-state index in [0.29, 0.717) is 13.1 Å². The summed E-state index contributed by atoms with van der Waals surface area (Å²) in [5, 5.41) is 9.09. The summed E-state index contributed by atoms with van der Waals surface area (Å²) in [5.41, 5.74) is -0.0665. The fourth-order valence-electron chi connectivity index (χ4n) is 2.60. The number of benzene rings is 1. The van der Waals surface area contributed by atoms with Crippen LogP contribution < -0.4 is 0 Å². The molecule has 1 unspecified atom stereocenters. The van der Waals surface area contributed by atoms with E-state index >= 15 is 0 Å². The van der Waals surface area contributed by atoms with E-state index in [0.717, 1.165) is 25.0 Å². The maximum absolute atomic E-state index is 13.6. The van der Waals surface area contributed by atoms with E-state index in [1.165, 1.54) is 6.07 Å². The molecule has 0 bridgehead atoms. The Hall–Kier alpha value is -1.33. The third-order valence-corrected chi connectivity index (χ3v) is 4.03. The first kappa shape index (κ1) is 15.1. The first-order valence-corrected chi connectivity index (χ1v) is 6.87. The molecule has 1 saturated heterocycles. The second-order valence-electron chi connectivity index (χ2n) is 5.33. The van der Waals surface area contributed by atoms with Crippen LogP contribution in [0.5, 0.6) is 0 Å². The van der Waals surface area contributed by atoms with Gasteiger partial charge in [-0.15, -0.1) is 0 Å². The summed E-state index contributed by atoms with van der Waals surface area (Å²) in [4.78, 5) is 14.3. The molecule has 1 atom stereocenters. The number of carbonyl (C=O) groups is 1. The van der Waals surface area contributed by atoms with Crippen LogP contribution in [0.4, 0.5) is 8.78 Å². The Morgan fingerprint density at radius 2 is 2.05 bits per heavy atom. The predicted molar refractivity (Wildman–Crippen MR) is 71.5 cm³/mol. The highest BCUT2D eigenvalue weighted by atomic mass is 19.1. The van der Waals surface area contributed by atoms with Crippen LogP contribution in [0.25, 0.3) is 0 Å². The molecule has 5 heteroatoms. The highest BCUT2D eigenvalue weighted by Gasteiger charge is 2.28. The molecule has 0 radical (unpaired) electrons. The number of piperidine rings is 1. The van der Waals surface area contributed by atoms with E-state index in [9.17, 15) is 13.6 Å². The van der Waals surface area contributed by atoms with Gasteiger partial charge >= 0.3 is 0 Å². The minimum atomic E-state index is -0.813. The number of carbonyl (C=O) groups excluding carboxylic acids is 1. The average Bonchev–Trinajstić information content (AvgIpc) is 2.46. The first-order chi connectivity index (χ1) is 9.52. The molecule has 0 spiro atoms. The zero-order chi connectivity index (χ0) is 14.7. The lowest BCUT2D eigenvalue weighted by molar-refractivity contribution is 0.0717. The fourth-order valence-corrected chi connectivity index (χ4v) is 2.60. The van der Waals surface area contributed by atoms with E-state index in [1.807, 2.05) is 4.90 Å². The molecule has 1 aromatic carbocycles. The Labute approximate surface area is 117 Å². The minimum Gasteiger partial charge on any atom is -0.396 e. The maximum Gasteiger partial charge on any atom is 0.182 e. The van der Waals surface area contributed by atoms with Gasteiger partial charge in [0.25, 0.3) is 0 Å². The Bertz CT molecular complexity index is 485. The highest BCUT2D eigenvalue weighted by Crippen LogP contribution is 2.21. The van der Waals surface area contributed by atoms with Crippen molar-refractivity contribution in [3.05, 3.63) is 35.4 Å². The summed E-state index contributed by atoms with van der Waals surface area (Å²) in [6.45, 7) is 3.33. The SMILES string of the molecule is CC(C(=O)c1ccc(F)cc1F)N1CCC(CO)CC1. The Kier molecular flexibility index (Phi) is 4.83. The zero-order valence-electron chi connectivity index (χ0n) is 11.5. The van der Waals surface area contributed by atoms with Crippen LogP contribution in [0.3, 0.4) is 0 Å². The highest BCUT2D eigenvalue weighted by molar-refractivity contribution is 6.00. The molecule has 2 rings (SSSR count). The topological polar surface area (TPSA) is 40.5 Å². The number of halogens is 2. The number of hydrogen-bond acceptors (Lipinski definition) is 3. The number of aliphatic hydroxyl groups excluding tert-OH is 1. The molecule has 20 heavy (non-hydrogen) atoms. The minimum absolute atomic E-state index is 0.0665. The van der Waals surface area contributed by atoms with E-state index in [4.69, 9.17) is 5.11 Å². The van der Waals surface area contributed by atoms with Crippen molar-refractivity contribution >= 4 is 5.78 Å². The number of nitrogens with zero attached hydrogens (tertiary/aromatic N) is 1. The van der Waals surface area contributed by atoms with Gasteiger partial charge < -0.3 is 5.11 Å². The summed E-state index contributed by atoms with van der Waals surface area (Å²) in [6, 6.07) is 2.60. The summed E-state index contributed by atoms with van der Waals surface area (Å²) >= 11 is 0. The second kappa shape index (κ2) is 6.41. The van der Waals surface area contributed by atoms with E-state index in [-0.39, 0.29) is 23.9 Å². The molecule has 1 aliphatic heterocycles. The quantitative estimate of drug-likeness (QED) is 0.862. The summed E-state index contributed by atoms with van der Waals surface area (Å²) in [6.07, 6.45) is 1.67. The first-order valence-electron chi connectivity index (χ1n) is 6.87. The third kappa shape index (κ3) is 3.22. The fraction of sp³-hybridized carbons (Fsp3) is 0.533. The van der Waals surface area contributed by atoms with Crippen molar-refractivity contribution in [2.24, 2.45) is 5.92 Å². The van der Waals surface area contributed by atoms with Crippen LogP contribution in [0.15, 0.2) is 18.2 Å². The van der Waals surface area contributed by atoms with Gasteiger partial charge in [-0.3, -0.25) is 9.69 Å². The lowest BCUT2D eigenvalue weighted by atomic mass is 9.95. The molecule has 0 aliphatic carbocycles. The molecule has 0 amide bonds. The molecule has 1 fully saturated rings. The Balaban J connectivity index is 2.05. The average molecular weight is 283 g/mol. The molecule has 0 saturated carbocycles. The van der Waals surface area contributed by atoms with Gasteiger partial charge in [0.2, 0.25) is 0 Å². The van der Waals surface area contributed by atoms with Gasteiger partial charge in [-0.05, 0) is 50.9 Å². The van der Waals surface area contributed by atoms with Crippen molar-refractivity contribution in [3.8, 4) is 0 Å². The third-order valence-electron chi connectivity index (χ3n) is 4.03. The van der Waals surface area contributed by atoms with Crippen LogP contribution in [-0.2, 0) is 0 Å². The summed E-state index contributed by atoms with van der Waals surface area (Å²) in [5.74, 6) is -1.54. The molecule has 0 aromatic heterocycles. The molecule has 1 heterocycles. The van der Waals surface area contributed by atoms with Crippen molar-refractivity contribution in [3.63, 3.8) is 0 Å². The Morgan fingerprint density at radius 3 is 2.60 bits per heavy atom. The number of aliphatic hydroxyl groups is 1. The molecule has 1 N–H and O–H groups in total. The van der Waals surface area contributed by atoms with Crippen LogP contribution in [0.2, 0.25) is 0 Å². The normalized spacial score (nSPS) is 19.0. The predicted octanol–water partition coefficient (Wildman–Crippen LogP) is 2.24. The van der Waals surface area contributed by atoms with Crippen molar-refractivity contribution in [2.75, 3.05) is 19.7 Å². The van der Waals surface area contributed by atoms with Gasteiger partial charge in [0.1, 0.15) is 11.6 Å². The summed E-state index contributed by atoms with van der Waals surface area (Å²) in [7, 11) is 0. The van der Waals surface area contributed by atoms with Crippen LogP contribution >= 0.6 is 0 Å². The number of likely N-dealkylation sites (tertiary alicyclic amines) is 1. The lowest BCUT2D eigenvalue weighted by Crippen LogP contribution is -2.44. The van der Waals surface area contributed by atoms with Crippen molar-refractivity contribution in [1.29, 1.82) is 0 Å². The summed E-state index contributed by atoms with van der Waals surface area (Å²) < 4.78 is 26.5. The van der Waals surface area contributed by atoms with Gasteiger partial charge in [-0.2, -0.15) is 0 Å². The van der Waals surface area contributed by atoms with E-state index < -0.39 is 17.7 Å². The second-order valence-corrected chi connectivity index (χ2v) is 5.33. The molecular formula is C15H19F2NO2. The zero-order valence-corrected chi connectivity index (χ0v) is 11.5. The monoisotopic (exact) mass is 283 g/mol. The number of ketones is 1. The molecule has 110 valence electrons. The maximum atomic E-state index is 13.6. The number of hydrogen-bond donors (Lipinski definition) is 1. The van der Waals surface area contributed by atoms with Crippen molar-refractivity contribution < 1.29 is 18.7 Å². The van der Waals surface area contributed by atoms with E-state index in [2.05, 4.69) is 0 Å². The standard InChI is InChI=1S/C15H19F2NO2/c1-10(18-6-4-11(9-19)5-7-18)15(20)13-3-2-12(16)8-14(13)17/h2-3,8,10-11,19H,4-7,9H2,1H3. The lowest BCUT2D eigenvalue weighted by Gasteiger charge is -2.34. The largest absolute Gasteiger partial charge is 0.396 e. The van der Waals surface area contributed by atoms with Crippen LogP contribution in [0, 0.1) is 17.6 Å².